The number of halogens is 1. The van der Waals surface area contributed by atoms with Gasteiger partial charge in [0, 0.05) is 25.6 Å². The second kappa shape index (κ2) is 10.7. The largest absolute Gasteiger partial charge is 0.444 e. The van der Waals surface area contributed by atoms with Gasteiger partial charge in [-0.1, -0.05) is 37.3 Å². The lowest BCUT2D eigenvalue weighted by molar-refractivity contribution is 0.0203. The van der Waals surface area contributed by atoms with E-state index in [1.807, 2.05) is 39.0 Å². The minimum atomic E-state index is -0.504. The van der Waals surface area contributed by atoms with Gasteiger partial charge in [-0.25, -0.2) is 14.6 Å². The van der Waals surface area contributed by atoms with Crippen LogP contribution >= 0.6 is 12.4 Å². The second-order valence-corrected chi connectivity index (χ2v) is 10.9. The van der Waals surface area contributed by atoms with Gasteiger partial charge in [0.15, 0.2) is 11.7 Å². The SMILES string of the molecule is CCCN1C(=O)N2C[C@@H](Cc3ccccc3)N=C2c2[nH]c(C3CCN(C(=O)OC(C)(C)C)CC3)nc21.Cl. The Morgan fingerprint density at radius 1 is 1.16 bits per heavy atom. The van der Waals surface area contributed by atoms with Gasteiger partial charge in [-0.15, -0.1) is 12.4 Å². The standard InChI is InChI=1S/C27H36N6O3.ClH/c1-5-13-32-24-21(23-28-20(17-33(23)25(32)34)16-18-9-7-6-8-10-18)29-22(30-24)19-11-14-31(15-12-19)26(35)36-27(2,3)4;/h6-10,19-20H,5,11-17H2,1-4H3,(H,29,30);1H/t20-;/m1./s1. The van der Waals surface area contributed by atoms with Crippen LogP contribution in [0.25, 0.3) is 0 Å². The number of carbonyl (C=O) groups excluding carboxylic acids is 2. The molecule has 200 valence electrons. The molecule has 3 amide bonds. The molecule has 0 aliphatic carbocycles. The number of amidine groups is 1. The summed E-state index contributed by atoms with van der Waals surface area (Å²) in [5, 5.41) is 0. The van der Waals surface area contributed by atoms with Gasteiger partial charge in [0.2, 0.25) is 0 Å². The molecule has 4 heterocycles. The lowest BCUT2D eigenvalue weighted by Crippen LogP contribution is -2.50. The molecule has 37 heavy (non-hydrogen) atoms. The van der Waals surface area contributed by atoms with Gasteiger partial charge < -0.3 is 14.6 Å². The molecule has 0 radical (unpaired) electrons. The summed E-state index contributed by atoms with van der Waals surface area (Å²) in [5.41, 5.74) is 1.55. The Balaban J connectivity index is 0.00000320. The molecule has 1 aromatic carbocycles. The number of imidazole rings is 1. The van der Waals surface area contributed by atoms with Crippen LogP contribution in [0.5, 0.6) is 0 Å². The van der Waals surface area contributed by atoms with Crippen molar-refractivity contribution in [3.8, 4) is 0 Å². The molecule has 9 nitrogen and oxygen atoms in total. The van der Waals surface area contributed by atoms with E-state index >= 15 is 0 Å². The number of hydrogen-bond acceptors (Lipinski definition) is 5. The molecular formula is C27H37ClN6O3. The van der Waals surface area contributed by atoms with Crippen molar-refractivity contribution in [1.82, 2.24) is 19.8 Å². The summed E-state index contributed by atoms with van der Waals surface area (Å²) in [7, 11) is 0. The lowest BCUT2D eigenvalue weighted by Gasteiger charge is -2.32. The van der Waals surface area contributed by atoms with E-state index in [4.69, 9.17) is 14.7 Å². The average Bonchev–Trinajstić information content (AvgIpc) is 3.46. The molecule has 0 unspecified atom stereocenters. The van der Waals surface area contributed by atoms with Crippen LogP contribution in [0.3, 0.4) is 0 Å². The van der Waals surface area contributed by atoms with Gasteiger partial charge in [-0.2, -0.15) is 0 Å². The number of ether oxygens (including phenoxy) is 1. The third-order valence-electron chi connectivity index (χ3n) is 6.89. The Morgan fingerprint density at radius 3 is 2.51 bits per heavy atom. The first-order valence-corrected chi connectivity index (χ1v) is 13.0. The number of piperidine rings is 1. The van der Waals surface area contributed by atoms with E-state index in [1.54, 1.807) is 14.7 Å². The van der Waals surface area contributed by atoms with Crippen LogP contribution in [-0.4, -0.2) is 75.5 Å². The summed E-state index contributed by atoms with van der Waals surface area (Å²) >= 11 is 0. The Morgan fingerprint density at radius 2 is 1.86 bits per heavy atom. The van der Waals surface area contributed by atoms with Crippen molar-refractivity contribution in [2.45, 2.75) is 70.9 Å². The number of H-pyrrole nitrogens is 1. The fourth-order valence-corrected chi connectivity index (χ4v) is 5.20. The predicted molar refractivity (Wildman–Crippen MR) is 146 cm³/mol. The van der Waals surface area contributed by atoms with Gasteiger partial charge in [-0.3, -0.25) is 14.8 Å². The molecule has 1 saturated heterocycles. The van der Waals surface area contributed by atoms with E-state index in [0.29, 0.717) is 37.8 Å². The maximum atomic E-state index is 13.4. The minimum Gasteiger partial charge on any atom is -0.444 e. The topological polar surface area (TPSA) is 94.1 Å². The molecule has 3 aliphatic rings. The molecule has 3 aliphatic heterocycles. The first-order chi connectivity index (χ1) is 17.2. The number of rotatable bonds is 5. The number of likely N-dealkylation sites (tertiary alicyclic amines) is 1. The van der Waals surface area contributed by atoms with Gasteiger partial charge in [0.25, 0.3) is 0 Å². The smallest absolute Gasteiger partial charge is 0.410 e. The number of carbonyl (C=O) groups is 2. The number of anilines is 1. The van der Waals surface area contributed by atoms with Crippen molar-refractivity contribution in [3.63, 3.8) is 0 Å². The normalized spacial score (nSPS) is 19.8. The molecule has 10 heteroatoms. The summed E-state index contributed by atoms with van der Waals surface area (Å²) in [6.07, 6.45) is 2.96. The number of benzene rings is 1. The lowest BCUT2D eigenvalue weighted by atomic mass is 9.96. The van der Waals surface area contributed by atoms with Gasteiger partial charge in [0.1, 0.15) is 17.1 Å². The number of aromatic amines is 1. The van der Waals surface area contributed by atoms with Crippen LogP contribution in [0.2, 0.25) is 0 Å². The van der Waals surface area contributed by atoms with E-state index in [0.717, 1.165) is 37.2 Å². The van der Waals surface area contributed by atoms with E-state index in [2.05, 4.69) is 24.0 Å². The molecule has 2 aromatic rings. The van der Waals surface area contributed by atoms with E-state index < -0.39 is 5.60 Å². The second-order valence-electron chi connectivity index (χ2n) is 10.9. The summed E-state index contributed by atoms with van der Waals surface area (Å²) in [5.74, 6) is 2.44. The predicted octanol–water partition coefficient (Wildman–Crippen LogP) is 4.97. The zero-order chi connectivity index (χ0) is 25.4. The molecule has 0 saturated carbocycles. The van der Waals surface area contributed by atoms with Crippen molar-refractivity contribution < 1.29 is 14.3 Å². The number of aromatic nitrogens is 2. The van der Waals surface area contributed by atoms with Crippen LogP contribution in [-0.2, 0) is 11.2 Å². The van der Waals surface area contributed by atoms with Crippen LogP contribution in [0, 0.1) is 0 Å². The maximum Gasteiger partial charge on any atom is 0.410 e. The molecule has 1 N–H and O–H groups in total. The summed E-state index contributed by atoms with van der Waals surface area (Å²) in [4.78, 5) is 44.7. The van der Waals surface area contributed by atoms with Gasteiger partial charge in [-0.05, 0) is 52.0 Å². The van der Waals surface area contributed by atoms with Crippen molar-refractivity contribution in [1.29, 1.82) is 0 Å². The average molecular weight is 529 g/mol. The minimum absolute atomic E-state index is 0. The van der Waals surface area contributed by atoms with Crippen molar-refractivity contribution in [2.24, 2.45) is 4.99 Å². The number of nitrogens with zero attached hydrogens (tertiary/aromatic N) is 5. The Labute approximate surface area is 224 Å². The first-order valence-electron chi connectivity index (χ1n) is 13.0. The maximum absolute atomic E-state index is 13.4. The monoisotopic (exact) mass is 528 g/mol. The fraction of sp³-hybridized carbons (Fsp3) is 0.556. The zero-order valence-electron chi connectivity index (χ0n) is 22.1. The van der Waals surface area contributed by atoms with Crippen molar-refractivity contribution >= 4 is 36.2 Å². The number of hydrogen-bond donors (Lipinski definition) is 1. The first kappa shape index (κ1) is 27.0. The summed E-state index contributed by atoms with van der Waals surface area (Å²) in [6.45, 7) is 10.1. The van der Waals surface area contributed by atoms with Crippen LogP contribution < -0.4 is 4.90 Å². The summed E-state index contributed by atoms with van der Waals surface area (Å²) < 4.78 is 5.54. The third-order valence-corrected chi connectivity index (χ3v) is 6.89. The Hall–Kier alpha value is -3.07. The Bertz CT molecular complexity index is 1150. The number of aliphatic imine (C=N–C) groups is 1. The van der Waals surface area contributed by atoms with E-state index in [9.17, 15) is 9.59 Å². The van der Waals surface area contributed by atoms with E-state index in [-0.39, 0.29) is 36.5 Å². The number of nitrogens with one attached hydrogen (secondary N) is 1. The number of fused-ring (bicyclic) bond motifs is 3. The zero-order valence-corrected chi connectivity index (χ0v) is 22.9. The quantitative estimate of drug-likeness (QED) is 0.593. The summed E-state index contributed by atoms with van der Waals surface area (Å²) in [6, 6.07) is 10.3. The van der Waals surface area contributed by atoms with Gasteiger partial charge >= 0.3 is 12.1 Å². The van der Waals surface area contributed by atoms with E-state index in [1.165, 1.54) is 5.56 Å². The number of amides is 3. The molecule has 1 aromatic heterocycles. The highest BCUT2D eigenvalue weighted by Gasteiger charge is 2.43. The molecule has 0 bridgehead atoms. The molecule has 1 atom stereocenters. The van der Waals surface area contributed by atoms with Crippen LogP contribution in [0.15, 0.2) is 35.3 Å². The Kier molecular flexibility index (Phi) is 7.83. The van der Waals surface area contributed by atoms with Crippen molar-refractivity contribution in [2.75, 3.05) is 31.1 Å². The van der Waals surface area contributed by atoms with Crippen molar-refractivity contribution in [3.05, 3.63) is 47.4 Å². The van der Waals surface area contributed by atoms with Crippen LogP contribution in [0.1, 0.15) is 70.0 Å². The molecule has 0 spiro atoms. The molecule has 5 rings (SSSR count). The highest BCUT2D eigenvalue weighted by Crippen LogP contribution is 2.35. The van der Waals surface area contributed by atoms with Gasteiger partial charge in [0.05, 0.1) is 12.6 Å². The third kappa shape index (κ3) is 5.61. The fourth-order valence-electron chi connectivity index (χ4n) is 5.20. The van der Waals surface area contributed by atoms with Crippen LogP contribution in [0.4, 0.5) is 15.4 Å². The molecule has 1 fully saturated rings. The number of urea groups is 1. The highest BCUT2D eigenvalue weighted by molar-refractivity contribution is 6.18. The highest BCUT2D eigenvalue weighted by atomic mass is 35.5. The molecular weight excluding hydrogens is 492 g/mol.